The van der Waals surface area contributed by atoms with Crippen molar-refractivity contribution in [3.05, 3.63) is 70.3 Å². The van der Waals surface area contributed by atoms with Crippen molar-refractivity contribution < 1.29 is 35.1 Å². The summed E-state index contributed by atoms with van der Waals surface area (Å²) in [5, 5.41) is 16.5. The van der Waals surface area contributed by atoms with Gasteiger partial charge in [-0.3, -0.25) is 0 Å². The SMILES string of the molecule is N#Cc1cc(C(F)(F)F)ccc1F.N#Cc1cc(C(F)(F)F)ccc1F. The van der Waals surface area contributed by atoms with Crippen LogP contribution in [0.1, 0.15) is 22.3 Å². The molecule has 0 radical (unpaired) electrons. The summed E-state index contributed by atoms with van der Waals surface area (Å²) in [5.41, 5.74) is -3.25. The minimum atomic E-state index is -4.54. The zero-order chi connectivity index (χ0) is 20.1. The molecule has 0 aromatic heterocycles. The van der Waals surface area contributed by atoms with Gasteiger partial charge in [-0.1, -0.05) is 0 Å². The molecule has 2 aromatic carbocycles. The van der Waals surface area contributed by atoms with Crippen LogP contribution in [0.2, 0.25) is 0 Å². The highest BCUT2D eigenvalue weighted by Crippen LogP contribution is 2.30. The van der Waals surface area contributed by atoms with E-state index in [2.05, 4.69) is 0 Å². The first-order valence-corrected chi connectivity index (χ1v) is 6.44. The summed E-state index contributed by atoms with van der Waals surface area (Å²) >= 11 is 0. The Morgan fingerprint density at radius 1 is 0.615 bits per heavy atom. The van der Waals surface area contributed by atoms with Crippen molar-refractivity contribution in [2.75, 3.05) is 0 Å². The second-order valence-corrected chi connectivity index (χ2v) is 4.61. The molecule has 0 saturated heterocycles. The molecule has 0 atom stereocenters. The van der Waals surface area contributed by atoms with E-state index in [1.165, 1.54) is 12.1 Å². The maximum Gasteiger partial charge on any atom is 0.416 e. The number of rotatable bonds is 0. The van der Waals surface area contributed by atoms with Crippen LogP contribution in [0.15, 0.2) is 36.4 Å². The predicted octanol–water partition coefficient (Wildman–Crippen LogP) is 5.43. The summed E-state index contributed by atoms with van der Waals surface area (Å²) in [5.74, 6) is -1.90. The Morgan fingerprint density at radius 3 is 1.15 bits per heavy atom. The summed E-state index contributed by atoms with van der Waals surface area (Å²) in [6.07, 6.45) is -9.08. The molecule has 136 valence electrons. The van der Waals surface area contributed by atoms with Gasteiger partial charge < -0.3 is 0 Å². The van der Waals surface area contributed by atoms with E-state index in [1.54, 1.807) is 0 Å². The molecule has 10 heteroatoms. The molecule has 0 bridgehead atoms. The van der Waals surface area contributed by atoms with Gasteiger partial charge in [-0.15, -0.1) is 0 Å². The number of nitriles is 2. The largest absolute Gasteiger partial charge is 0.416 e. The van der Waals surface area contributed by atoms with E-state index in [9.17, 15) is 35.1 Å². The highest BCUT2D eigenvalue weighted by Gasteiger charge is 2.31. The van der Waals surface area contributed by atoms with Crippen molar-refractivity contribution in [3.63, 3.8) is 0 Å². The molecular formula is C16H6F8N2. The summed E-state index contributed by atoms with van der Waals surface area (Å²) in [4.78, 5) is 0. The maximum atomic E-state index is 12.6. The first-order valence-electron chi connectivity index (χ1n) is 6.44. The lowest BCUT2D eigenvalue weighted by atomic mass is 10.1. The molecule has 0 fully saturated rings. The van der Waals surface area contributed by atoms with Crippen molar-refractivity contribution >= 4 is 0 Å². The summed E-state index contributed by atoms with van der Waals surface area (Å²) in [7, 11) is 0. The Labute approximate surface area is 141 Å². The molecule has 0 spiro atoms. The first kappa shape index (κ1) is 20.9. The Kier molecular flexibility index (Phi) is 6.29. The topological polar surface area (TPSA) is 47.6 Å². The summed E-state index contributed by atoms with van der Waals surface area (Å²) in [6, 6.07) is 6.07. The fourth-order valence-corrected chi connectivity index (χ4v) is 1.57. The minimum absolute atomic E-state index is 0.481. The van der Waals surface area contributed by atoms with Gasteiger partial charge in [0.15, 0.2) is 0 Å². The van der Waals surface area contributed by atoms with Gasteiger partial charge in [0, 0.05) is 0 Å². The number of hydrogen-bond donors (Lipinski definition) is 0. The van der Waals surface area contributed by atoms with Gasteiger partial charge >= 0.3 is 12.4 Å². The van der Waals surface area contributed by atoms with Gasteiger partial charge in [0.2, 0.25) is 0 Å². The maximum absolute atomic E-state index is 12.6. The number of halogens is 8. The average Bonchev–Trinajstić information content (AvgIpc) is 2.54. The van der Waals surface area contributed by atoms with Gasteiger partial charge in [0.1, 0.15) is 23.8 Å². The van der Waals surface area contributed by atoms with Gasteiger partial charge in [-0.25, -0.2) is 8.78 Å². The first-order chi connectivity index (χ1) is 11.9. The average molecular weight is 378 g/mol. The minimum Gasteiger partial charge on any atom is -0.206 e. The van der Waals surface area contributed by atoms with E-state index in [4.69, 9.17) is 10.5 Å². The van der Waals surface area contributed by atoms with E-state index in [0.717, 1.165) is 0 Å². The van der Waals surface area contributed by atoms with Crippen LogP contribution in [0.25, 0.3) is 0 Å². The van der Waals surface area contributed by atoms with Crippen molar-refractivity contribution in [3.8, 4) is 12.1 Å². The van der Waals surface area contributed by atoms with Gasteiger partial charge in [0.25, 0.3) is 0 Å². The zero-order valence-electron chi connectivity index (χ0n) is 12.4. The second-order valence-electron chi connectivity index (χ2n) is 4.61. The van der Waals surface area contributed by atoms with E-state index >= 15 is 0 Å². The Bertz CT molecular complexity index is 796. The normalized spacial score (nSPS) is 11.0. The van der Waals surface area contributed by atoms with E-state index in [1.807, 2.05) is 0 Å². The molecule has 0 saturated carbocycles. The standard InChI is InChI=1S/2C8H3F4N/c2*9-7-2-1-6(8(10,11)12)3-5(7)4-13/h2*1-3H. The van der Waals surface area contributed by atoms with Crippen LogP contribution in [0.3, 0.4) is 0 Å². The molecule has 0 amide bonds. The summed E-state index contributed by atoms with van der Waals surface area (Å²) < 4.78 is 97.2. The molecule has 0 aliphatic heterocycles. The fourth-order valence-electron chi connectivity index (χ4n) is 1.57. The number of nitrogens with zero attached hydrogens (tertiary/aromatic N) is 2. The van der Waals surface area contributed by atoms with Gasteiger partial charge in [0.05, 0.1) is 22.3 Å². The highest BCUT2D eigenvalue weighted by molar-refractivity contribution is 5.36. The lowest BCUT2D eigenvalue weighted by molar-refractivity contribution is -0.138. The zero-order valence-corrected chi connectivity index (χ0v) is 12.4. The van der Waals surface area contributed by atoms with Crippen molar-refractivity contribution in [1.82, 2.24) is 0 Å². The molecule has 26 heavy (non-hydrogen) atoms. The van der Waals surface area contributed by atoms with Crippen LogP contribution >= 0.6 is 0 Å². The summed E-state index contributed by atoms with van der Waals surface area (Å²) in [6.45, 7) is 0. The quantitative estimate of drug-likeness (QED) is 0.574. The second kappa shape index (κ2) is 7.83. The van der Waals surface area contributed by atoms with E-state index < -0.39 is 46.2 Å². The monoisotopic (exact) mass is 378 g/mol. The third-order valence-electron chi connectivity index (χ3n) is 2.83. The molecule has 0 aliphatic rings. The molecule has 2 rings (SSSR count). The van der Waals surface area contributed by atoms with Crippen molar-refractivity contribution in [2.24, 2.45) is 0 Å². The van der Waals surface area contributed by atoms with Crippen LogP contribution in [-0.2, 0) is 12.4 Å². The van der Waals surface area contributed by atoms with Gasteiger partial charge in [-0.05, 0) is 36.4 Å². The molecule has 2 nitrogen and oxygen atoms in total. The molecule has 0 heterocycles. The molecule has 0 unspecified atom stereocenters. The van der Waals surface area contributed by atoms with Crippen molar-refractivity contribution in [2.45, 2.75) is 12.4 Å². The Hall–Kier alpha value is -3.14. The molecule has 0 aliphatic carbocycles. The number of benzene rings is 2. The third-order valence-corrected chi connectivity index (χ3v) is 2.83. The van der Waals surface area contributed by atoms with Crippen molar-refractivity contribution in [1.29, 1.82) is 10.5 Å². The van der Waals surface area contributed by atoms with Gasteiger partial charge in [-0.2, -0.15) is 36.9 Å². The Balaban J connectivity index is 0.000000260. The van der Waals surface area contributed by atoms with Crippen LogP contribution in [0.4, 0.5) is 35.1 Å². The molecule has 2 aromatic rings. The van der Waals surface area contributed by atoms with Crippen LogP contribution in [0, 0.1) is 34.3 Å². The Morgan fingerprint density at radius 2 is 0.923 bits per heavy atom. The smallest absolute Gasteiger partial charge is 0.206 e. The van der Waals surface area contributed by atoms with Crippen LogP contribution in [-0.4, -0.2) is 0 Å². The van der Waals surface area contributed by atoms with E-state index in [-0.39, 0.29) is 0 Å². The predicted molar refractivity (Wildman–Crippen MR) is 72.2 cm³/mol. The fraction of sp³-hybridized carbons (Fsp3) is 0.125. The highest BCUT2D eigenvalue weighted by atomic mass is 19.4. The third kappa shape index (κ3) is 5.45. The molecule has 0 N–H and O–H groups in total. The number of hydrogen-bond acceptors (Lipinski definition) is 2. The van der Waals surface area contributed by atoms with Crippen LogP contribution in [0.5, 0.6) is 0 Å². The lowest BCUT2D eigenvalue weighted by Gasteiger charge is -2.05. The van der Waals surface area contributed by atoms with Crippen LogP contribution < -0.4 is 0 Å². The lowest BCUT2D eigenvalue weighted by Crippen LogP contribution is -2.05. The van der Waals surface area contributed by atoms with E-state index in [0.29, 0.717) is 36.4 Å². The number of alkyl halides is 6. The molecular weight excluding hydrogens is 372 g/mol.